The number of ether oxygens (including phenoxy) is 4. The summed E-state index contributed by atoms with van der Waals surface area (Å²) < 4.78 is 22.1. The van der Waals surface area contributed by atoms with Gasteiger partial charge in [0.2, 0.25) is 0 Å². The van der Waals surface area contributed by atoms with Crippen LogP contribution < -0.4 is 0 Å². The fraction of sp³-hybridized carbons (Fsp3) is 0.708. The molecule has 0 bridgehead atoms. The number of aryl methyl sites for hydroxylation is 2. The van der Waals surface area contributed by atoms with E-state index in [9.17, 15) is 19.8 Å². The van der Waals surface area contributed by atoms with Gasteiger partial charge in [-0.25, -0.2) is 0 Å². The molecule has 0 unspecified atom stereocenters. The van der Waals surface area contributed by atoms with E-state index in [0.717, 1.165) is 84.7 Å². The van der Waals surface area contributed by atoms with Crippen molar-refractivity contribution in [2.24, 2.45) is 0 Å². The van der Waals surface area contributed by atoms with E-state index in [0.29, 0.717) is 87.3 Å². The summed E-state index contributed by atoms with van der Waals surface area (Å²) in [5, 5.41) is 22.7. The SMILES string of the molecule is O=C(CCc1cc(C2CCCCC2)c(O)c(C2CCCCC2)c1)OCCOCCOCCOC(=O)CCc1cc(C2CCCCC2)c(O)c(C2CCCCC2)c1. The zero-order chi connectivity index (χ0) is 39.0. The monoisotopic (exact) mass is 775 g/mol. The number of hydrogen-bond donors (Lipinski definition) is 2. The first-order valence-corrected chi connectivity index (χ1v) is 22.6. The fourth-order valence-electron chi connectivity index (χ4n) is 10.1. The standard InChI is InChI=1S/C48H70O8/c49-45(23-21-35-31-41(37-13-5-1-6-14-37)47(51)42(32-35)38-15-7-2-8-16-38)55-29-27-53-25-26-54-28-30-56-46(50)24-22-36-33-43(39-17-9-3-10-18-39)48(52)44(34-36)40-19-11-4-12-20-40/h31-34,37-40,51-52H,1-30H2. The number of carbonyl (C=O) groups excluding carboxylic acids is 2. The highest BCUT2D eigenvalue weighted by molar-refractivity contribution is 5.70. The third-order valence-electron chi connectivity index (χ3n) is 13.2. The molecule has 56 heavy (non-hydrogen) atoms. The Hall–Kier alpha value is -3.10. The van der Waals surface area contributed by atoms with Gasteiger partial charge in [-0.1, -0.05) is 101 Å². The van der Waals surface area contributed by atoms with Crippen molar-refractivity contribution in [1.29, 1.82) is 0 Å². The zero-order valence-electron chi connectivity index (χ0n) is 34.2. The molecule has 310 valence electrons. The molecule has 8 nitrogen and oxygen atoms in total. The highest BCUT2D eigenvalue weighted by Crippen LogP contribution is 2.46. The Kier molecular flexibility index (Phi) is 17.3. The third-order valence-corrected chi connectivity index (χ3v) is 13.2. The molecule has 0 spiro atoms. The number of rotatable bonds is 19. The minimum absolute atomic E-state index is 0.192. The van der Waals surface area contributed by atoms with Crippen molar-refractivity contribution in [2.75, 3.05) is 39.6 Å². The Labute approximate surface area is 336 Å². The van der Waals surface area contributed by atoms with Crippen molar-refractivity contribution in [1.82, 2.24) is 0 Å². The molecule has 2 aromatic carbocycles. The Morgan fingerprint density at radius 1 is 0.429 bits per heavy atom. The first-order chi connectivity index (χ1) is 27.5. The van der Waals surface area contributed by atoms with E-state index in [2.05, 4.69) is 24.3 Å². The lowest BCUT2D eigenvalue weighted by Crippen LogP contribution is -2.15. The molecule has 0 aliphatic heterocycles. The average Bonchev–Trinajstić information content (AvgIpc) is 3.24. The highest BCUT2D eigenvalue weighted by atomic mass is 16.6. The van der Waals surface area contributed by atoms with Crippen molar-refractivity contribution in [3.05, 3.63) is 57.6 Å². The molecule has 0 saturated heterocycles. The van der Waals surface area contributed by atoms with Gasteiger partial charge in [0.25, 0.3) is 0 Å². The average molecular weight is 775 g/mol. The van der Waals surface area contributed by atoms with Crippen LogP contribution in [-0.4, -0.2) is 61.8 Å². The van der Waals surface area contributed by atoms with Crippen LogP contribution >= 0.6 is 0 Å². The molecule has 0 heterocycles. The smallest absolute Gasteiger partial charge is 0.306 e. The summed E-state index contributed by atoms with van der Waals surface area (Å²) in [6.07, 6.45) is 25.7. The summed E-state index contributed by atoms with van der Waals surface area (Å²) in [4.78, 5) is 25.2. The number of hydrogen-bond acceptors (Lipinski definition) is 8. The van der Waals surface area contributed by atoms with E-state index in [-0.39, 0.29) is 25.2 Å². The number of phenolic OH excluding ortho intramolecular Hbond substituents is 2. The van der Waals surface area contributed by atoms with Gasteiger partial charge in [-0.05, 0) is 121 Å². The summed E-state index contributed by atoms with van der Waals surface area (Å²) in [6, 6.07) is 8.63. The maximum absolute atomic E-state index is 12.6. The van der Waals surface area contributed by atoms with Crippen molar-refractivity contribution in [3.8, 4) is 11.5 Å². The lowest BCUT2D eigenvalue weighted by atomic mass is 9.78. The van der Waals surface area contributed by atoms with Crippen molar-refractivity contribution in [2.45, 2.75) is 178 Å². The van der Waals surface area contributed by atoms with Gasteiger partial charge in [-0.2, -0.15) is 0 Å². The molecule has 2 aromatic rings. The van der Waals surface area contributed by atoms with Crippen molar-refractivity contribution in [3.63, 3.8) is 0 Å². The Morgan fingerprint density at radius 2 is 0.696 bits per heavy atom. The van der Waals surface area contributed by atoms with Gasteiger partial charge >= 0.3 is 11.9 Å². The predicted octanol–water partition coefficient (Wildman–Crippen LogP) is 11.0. The molecule has 0 amide bonds. The van der Waals surface area contributed by atoms with Crippen LogP contribution in [0.2, 0.25) is 0 Å². The highest BCUT2D eigenvalue weighted by Gasteiger charge is 2.27. The minimum Gasteiger partial charge on any atom is -0.507 e. The molecule has 8 heteroatoms. The molecule has 2 N–H and O–H groups in total. The fourth-order valence-corrected chi connectivity index (χ4v) is 10.1. The van der Waals surface area contributed by atoms with Gasteiger partial charge in [-0.3, -0.25) is 9.59 Å². The molecular formula is C48H70O8. The topological polar surface area (TPSA) is 112 Å². The van der Waals surface area contributed by atoms with E-state index >= 15 is 0 Å². The maximum Gasteiger partial charge on any atom is 0.306 e. The summed E-state index contributed by atoms with van der Waals surface area (Å²) >= 11 is 0. The molecular weight excluding hydrogens is 705 g/mol. The summed E-state index contributed by atoms with van der Waals surface area (Å²) in [7, 11) is 0. The lowest BCUT2D eigenvalue weighted by Gasteiger charge is -2.28. The second-order valence-corrected chi connectivity index (χ2v) is 17.3. The van der Waals surface area contributed by atoms with E-state index in [1.807, 2.05) is 0 Å². The molecule has 0 atom stereocenters. The lowest BCUT2D eigenvalue weighted by molar-refractivity contribution is -0.146. The van der Waals surface area contributed by atoms with Crippen LogP contribution in [0, 0.1) is 0 Å². The molecule has 0 aromatic heterocycles. The number of aromatic hydroxyl groups is 2. The van der Waals surface area contributed by atoms with Crippen LogP contribution in [0.3, 0.4) is 0 Å². The summed E-state index contributed by atoms with van der Waals surface area (Å²) in [6.45, 7) is 1.70. The normalized spacial score (nSPS) is 19.2. The zero-order valence-corrected chi connectivity index (χ0v) is 34.2. The van der Waals surface area contributed by atoms with E-state index in [1.54, 1.807) is 0 Å². The van der Waals surface area contributed by atoms with Gasteiger partial charge in [0.05, 0.1) is 26.4 Å². The van der Waals surface area contributed by atoms with Crippen LogP contribution in [0.5, 0.6) is 11.5 Å². The third kappa shape index (κ3) is 12.7. The second kappa shape index (κ2) is 22.7. The van der Waals surface area contributed by atoms with Crippen molar-refractivity contribution >= 4 is 11.9 Å². The molecule has 6 rings (SSSR count). The molecule has 4 fully saturated rings. The Bertz CT molecular complexity index is 1320. The van der Waals surface area contributed by atoms with Gasteiger partial charge in [0, 0.05) is 12.8 Å². The Balaban J connectivity index is 0.839. The van der Waals surface area contributed by atoms with Gasteiger partial charge in [0.1, 0.15) is 24.7 Å². The summed E-state index contributed by atoms with van der Waals surface area (Å²) in [5.41, 5.74) is 6.65. The first-order valence-electron chi connectivity index (χ1n) is 22.6. The number of benzene rings is 2. The van der Waals surface area contributed by atoms with Crippen molar-refractivity contribution < 1.29 is 38.7 Å². The van der Waals surface area contributed by atoms with Crippen LogP contribution in [0.15, 0.2) is 24.3 Å². The maximum atomic E-state index is 12.6. The Morgan fingerprint density at radius 3 is 0.982 bits per heavy atom. The van der Waals surface area contributed by atoms with Gasteiger partial charge in [0.15, 0.2) is 0 Å². The second-order valence-electron chi connectivity index (χ2n) is 17.3. The largest absolute Gasteiger partial charge is 0.507 e. The van der Waals surface area contributed by atoms with Crippen LogP contribution in [0.25, 0.3) is 0 Å². The summed E-state index contributed by atoms with van der Waals surface area (Å²) in [5.74, 6) is 2.21. The molecule has 4 saturated carbocycles. The van der Waals surface area contributed by atoms with Gasteiger partial charge in [-0.15, -0.1) is 0 Å². The predicted molar refractivity (Wildman–Crippen MR) is 220 cm³/mol. The van der Waals surface area contributed by atoms with Crippen LogP contribution in [-0.2, 0) is 41.4 Å². The number of esters is 2. The quantitative estimate of drug-likeness (QED) is 0.107. The van der Waals surface area contributed by atoms with Crippen LogP contribution in [0.1, 0.15) is 198 Å². The number of phenols is 2. The van der Waals surface area contributed by atoms with Gasteiger partial charge < -0.3 is 29.2 Å². The molecule has 0 radical (unpaired) electrons. The molecule has 4 aliphatic rings. The van der Waals surface area contributed by atoms with E-state index < -0.39 is 0 Å². The first kappa shape index (κ1) is 42.5. The molecule has 4 aliphatic carbocycles. The van der Waals surface area contributed by atoms with Crippen LogP contribution in [0.4, 0.5) is 0 Å². The van der Waals surface area contributed by atoms with E-state index in [4.69, 9.17) is 18.9 Å². The minimum atomic E-state index is -0.238. The van der Waals surface area contributed by atoms with E-state index in [1.165, 1.54) is 77.0 Å². The number of carbonyl (C=O) groups is 2.